The highest BCUT2D eigenvalue weighted by Gasteiger charge is 2.33. The van der Waals surface area contributed by atoms with Gasteiger partial charge in [0.25, 0.3) is 0 Å². The number of nitrogens with zero attached hydrogens (tertiary/aromatic N) is 3. The van der Waals surface area contributed by atoms with Crippen molar-refractivity contribution in [2.45, 2.75) is 12.8 Å². The number of hydrogen-bond acceptors (Lipinski definition) is 6. The van der Waals surface area contributed by atoms with Gasteiger partial charge in [0.2, 0.25) is 0 Å². The fourth-order valence-electron chi connectivity index (χ4n) is 3.11. The van der Waals surface area contributed by atoms with Crippen LogP contribution in [0.3, 0.4) is 0 Å². The average Bonchev–Trinajstić information content (AvgIpc) is 2.60. The number of fused-ring (bicyclic) bond motifs is 2. The molecule has 1 aliphatic carbocycles. The monoisotopic (exact) mass is 355 g/mol. The third-order valence-electron chi connectivity index (χ3n) is 4.28. The minimum atomic E-state index is -3.77. The quantitative estimate of drug-likeness (QED) is 0.771. The van der Waals surface area contributed by atoms with Crippen LogP contribution in [0, 0.1) is 0 Å². The summed E-state index contributed by atoms with van der Waals surface area (Å²) in [5.41, 5.74) is 3.92. The van der Waals surface area contributed by atoms with E-state index in [-0.39, 0.29) is 0 Å². The number of aromatic nitrogens is 2. The van der Waals surface area contributed by atoms with Crippen molar-refractivity contribution in [2.75, 3.05) is 14.1 Å². The van der Waals surface area contributed by atoms with E-state index in [9.17, 15) is 8.42 Å². The third-order valence-corrected chi connectivity index (χ3v) is 5.19. The van der Waals surface area contributed by atoms with Gasteiger partial charge in [0.1, 0.15) is 0 Å². The van der Waals surface area contributed by atoms with Crippen molar-refractivity contribution in [3.8, 4) is 11.4 Å². The van der Waals surface area contributed by atoms with Gasteiger partial charge in [-0.05, 0) is 12.8 Å². The molecule has 0 N–H and O–H groups in total. The largest absolute Gasteiger partial charge is 0.378 e. The lowest BCUT2D eigenvalue weighted by molar-refractivity contribution is 0.446. The van der Waals surface area contributed by atoms with Crippen molar-refractivity contribution in [2.24, 2.45) is 0 Å². The summed E-state index contributed by atoms with van der Waals surface area (Å²) in [5, 5.41) is 1.18. The van der Waals surface area contributed by atoms with Gasteiger partial charge in [-0.3, -0.25) is 0 Å². The van der Waals surface area contributed by atoms with Gasteiger partial charge in [-0.15, -0.1) is 0 Å². The van der Waals surface area contributed by atoms with Crippen molar-refractivity contribution in [1.82, 2.24) is 14.9 Å². The van der Waals surface area contributed by atoms with E-state index in [0.717, 1.165) is 16.8 Å². The maximum absolute atomic E-state index is 12.1. The molecule has 1 aliphatic heterocycles. The summed E-state index contributed by atoms with van der Waals surface area (Å²) in [6, 6.07) is 9.70. The summed E-state index contributed by atoms with van der Waals surface area (Å²) in [6.45, 7) is 0. The second-order valence-corrected chi connectivity index (χ2v) is 7.59. The molecule has 128 valence electrons. The summed E-state index contributed by atoms with van der Waals surface area (Å²) in [6.07, 6.45) is 3.05. The number of allylic oxidation sites excluding steroid dienone is 1. The summed E-state index contributed by atoms with van der Waals surface area (Å²) in [7, 11) is -0.127. The number of hydrogen-bond donors (Lipinski definition) is 0. The number of benzene rings is 1. The van der Waals surface area contributed by atoms with Gasteiger partial charge in [0.15, 0.2) is 11.6 Å². The zero-order chi connectivity index (χ0) is 17.6. The van der Waals surface area contributed by atoms with E-state index >= 15 is 0 Å². The van der Waals surface area contributed by atoms with Crippen molar-refractivity contribution in [1.29, 1.82) is 0 Å². The Morgan fingerprint density at radius 3 is 2.60 bits per heavy atom. The molecule has 7 heteroatoms. The Kier molecular flexibility index (Phi) is 3.61. The van der Waals surface area contributed by atoms with Crippen LogP contribution in [-0.4, -0.2) is 37.4 Å². The first-order valence-electron chi connectivity index (χ1n) is 7.93. The van der Waals surface area contributed by atoms with E-state index in [1.165, 1.54) is 5.41 Å². The minimum Gasteiger partial charge on any atom is -0.378 e. The van der Waals surface area contributed by atoms with E-state index < -0.39 is 10.1 Å². The predicted octanol–water partition coefficient (Wildman–Crippen LogP) is 2.56. The van der Waals surface area contributed by atoms with E-state index in [1.807, 2.05) is 44.4 Å². The maximum atomic E-state index is 12.1. The first kappa shape index (κ1) is 15.8. The Morgan fingerprint density at radius 2 is 1.88 bits per heavy atom. The molecule has 2 aromatic rings. The van der Waals surface area contributed by atoms with Crippen LogP contribution in [0.1, 0.15) is 17.7 Å². The summed E-state index contributed by atoms with van der Waals surface area (Å²) in [4.78, 5) is 10.8. The smallest absolute Gasteiger partial charge is 0.334 e. The number of rotatable bonds is 2. The Labute approximate surface area is 146 Å². The fraction of sp³-hybridized carbons (Fsp3) is 0.222. The molecule has 0 amide bonds. The Bertz CT molecular complexity index is 1010. The van der Waals surface area contributed by atoms with Crippen LogP contribution in [0.2, 0.25) is 0 Å². The first-order chi connectivity index (χ1) is 11.9. The topological polar surface area (TPSA) is 72.4 Å². The molecule has 2 heterocycles. The number of likely N-dealkylation sites (N-methyl/N-ethyl adjacent to an activating group) is 1. The SMILES string of the molecule is CN(C)C1=CS(=O)(=O)OC2=C1CCc1nc(-c3ccccc3)ncc12. The van der Waals surface area contributed by atoms with Crippen LogP contribution in [0.15, 0.2) is 53.2 Å². The van der Waals surface area contributed by atoms with Crippen LogP contribution < -0.4 is 0 Å². The molecule has 1 aromatic carbocycles. The average molecular weight is 355 g/mol. The van der Waals surface area contributed by atoms with Gasteiger partial charge < -0.3 is 9.08 Å². The Morgan fingerprint density at radius 1 is 1.12 bits per heavy atom. The molecule has 25 heavy (non-hydrogen) atoms. The van der Waals surface area contributed by atoms with Crippen molar-refractivity contribution >= 4 is 15.9 Å². The van der Waals surface area contributed by atoms with Crippen LogP contribution >= 0.6 is 0 Å². The minimum absolute atomic E-state index is 0.354. The molecule has 6 nitrogen and oxygen atoms in total. The Balaban J connectivity index is 1.84. The van der Waals surface area contributed by atoms with E-state index in [4.69, 9.17) is 4.18 Å². The highest BCUT2D eigenvalue weighted by Crippen LogP contribution is 2.40. The molecule has 0 atom stereocenters. The lowest BCUT2D eigenvalue weighted by Gasteiger charge is -2.29. The first-order valence-corrected chi connectivity index (χ1v) is 9.40. The third kappa shape index (κ3) is 2.80. The van der Waals surface area contributed by atoms with Crippen molar-refractivity contribution in [3.63, 3.8) is 0 Å². The zero-order valence-corrected chi connectivity index (χ0v) is 14.7. The van der Waals surface area contributed by atoms with Crippen LogP contribution in [0.5, 0.6) is 0 Å². The lowest BCUT2D eigenvalue weighted by Crippen LogP contribution is -2.24. The molecule has 0 spiro atoms. The van der Waals surface area contributed by atoms with Gasteiger partial charge in [0.05, 0.1) is 22.4 Å². The normalized spacial score (nSPS) is 17.9. The molecule has 2 aliphatic rings. The van der Waals surface area contributed by atoms with E-state index in [1.54, 1.807) is 11.1 Å². The van der Waals surface area contributed by atoms with Gasteiger partial charge in [-0.25, -0.2) is 9.97 Å². The molecule has 0 saturated heterocycles. The molecule has 4 rings (SSSR count). The van der Waals surface area contributed by atoms with Gasteiger partial charge >= 0.3 is 10.1 Å². The highest BCUT2D eigenvalue weighted by atomic mass is 32.2. The fourth-order valence-corrected chi connectivity index (χ4v) is 4.20. The molecule has 0 radical (unpaired) electrons. The maximum Gasteiger partial charge on any atom is 0.334 e. The lowest BCUT2D eigenvalue weighted by atomic mass is 9.93. The van der Waals surface area contributed by atoms with Crippen LogP contribution in [0.4, 0.5) is 0 Å². The molecule has 0 unspecified atom stereocenters. The zero-order valence-electron chi connectivity index (χ0n) is 13.9. The Hall–Kier alpha value is -2.67. The standard InChI is InChI=1S/C18H17N3O3S/c1-21(2)16-11-25(22,23)24-17-13(16)8-9-15-14(17)10-19-18(20-15)12-6-4-3-5-7-12/h3-7,10-11H,8-9H2,1-2H3. The molecular weight excluding hydrogens is 338 g/mol. The second kappa shape index (κ2) is 5.70. The van der Waals surface area contributed by atoms with Crippen LogP contribution in [0.25, 0.3) is 17.1 Å². The molecule has 0 bridgehead atoms. The van der Waals surface area contributed by atoms with Gasteiger partial charge in [-0.2, -0.15) is 8.42 Å². The van der Waals surface area contributed by atoms with Crippen LogP contribution in [-0.2, 0) is 20.7 Å². The summed E-state index contributed by atoms with van der Waals surface area (Å²) in [5.74, 6) is 0.984. The summed E-state index contributed by atoms with van der Waals surface area (Å²) < 4.78 is 29.5. The van der Waals surface area contributed by atoms with E-state index in [2.05, 4.69) is 9.97 Å². The molecule has 1 aromatic heterocycles. The molecule has 0 fully saturated rings. The second-order valence-electron chi connectivity index (χ2n) is 6.20. The number of aryl methyl sites for hydroxylation is 1. The molecular formula is C18H17N3O3S. The highest BCUT2D eigenvalue weighted by molar-refractivity contribution is 7.90. The van der Waals surface area contributed by atoms with Crippen molar-refractivity contribution in [3.05, 3.63) is 64.5 Å². The van der Waals surface area contributed by atoms with Crippen molar-refractivity contribution < 1.29 is 12.6 Å². The predicted molar refractivity (Wildman–Crippen MR) is 94.5 cm³/mol. The van der Waals surface area contributed by atoms with E-state index in [0.29, 0.717) is 35.7 Å². The summed E-state index contributed by atoms with van der Waals surface area (Å²) >= 11 is 0. The van der Waals surface area contributed by atoms with Gasteiger partial charge in [-0.1, -0.05) is 30.3 Å². The van der Waals surface area contributed by atoms with Gasteiger partial charge in [0, 0.05) is 31.4 Å². The molecule has 0 saturated carbocycles.